The van der Waals surface area contributed by atoms with Gasteiger partial charge in [0.05, 0.1) is 0 Å². The second-order valence-corrected chi connectivity index (χ2v) is 5.50. The third kappa shape index (κ3) is 3.87. The maximum absolute atomic E-state index is 3.49. The zero-order valence-corrected chi connectivity index (χ0v) is 12.2. The molecule has 3 heteroatoms. The van der Waals surface area contributed by atoms with Gasteiger partial charge < -0.3 is 5.32 Å². The molecular weight excluding hydrogens is 353 g/mol. The van der Waals surface area contributed by atoms with Crippen LogP contribution < -0.4 is 5.32 Å². The molecule has 1 rings (SSSR count). The Kier molecular flexibility index (Phi) is 5.41. The number of halogens is 2. The zero-order valence-electron chi connectivity index (χ0n) is 8.48. The first-order valence-electron chi connectivity index (χ1n) is 4.80. The maximum atomic E-state index is 3.49. The Morgan fingerprint density at radius 1 is 1.50 bits per heavy atom. The predicted octanol–water partition coefficient (Wildman–Crippen LogP) is 3.94. The summed E-state index contributed by atoms with van der Waals surface area (Å²) >= 11 is 5.86. The van der Waals surface area contributed by atoms with Gasteiger partial charge in [-0.05, 0) is 59.7 Å². The molecule has 14 heavy (non-hydrogen) atoms. The van der Waals surface area contributed by atoms with Crippen LogP contribution in [0.1, 0.15) is 25.8 Å². The first-order valence-corrected chi connectivity index (χ1v) is 6.68. The summed E-state index contributed by atoms with van der Waals surface area (Å²) < 4.78 is 2.47. The summed E-state index contributed by atoms with van der Waals surface area (Å²) in [6.45, 7) is 5.36. The highest BCUT2D eigenvalue weighted by Crippen LogP contribution is 2.18. The Morgan fingerprint density at radius 2 is 2.21 bits per heavy atom. The van der Waals surface area contributed by atoms with Gasteiger partial charge in [-0.1, -0.05) is 22.9 Å². The molecule has 1 N–H and O–H groups in total. The van der Waals surface area contributed by atoms with Crippen molar-refractivity contribution < 1.29 is 0 Å². The van der Waals surface area contributed by atoms with Gasteiger partial charge >= 0.3 is 0 Å². The van der Waals surface area contributed by atoms with Crippen molar-refractivity contribution in [3.63, 3.8) is 0 Å². The molecule has 78 valence electrons. The fourth-order valence-electron chi connectivity index (χ4n) is 1.11. The van der Waals surface area contributed by atoms with Crippen molar-refractivity contribution in [3.05, 3.63) is 31.8 Å². The summed E-state index contributed by atoms with van der Waals surface area (Å²) in [7, 11) is 0. The Balaban J connectivity index is 2.62. The fraction of sp³-hybridized carbons (Fsp3) is 0.455. The van der Waals surface area contributed by atoms with Crippen molar-refractivity contribution in [3.8, 4) is 0 Å². The molecule has 0 aliphatic carbocycles. The van der Waals surface area contributed by atoms with E-state index in [1.165, 1.54) is 15.6 Å². The van der Waals surface area contributed by atoms with Gasteiger partial charge in [-0.25, -0.2) is 0 Å². The van der Waals surface area contributed by atoms with Gasteiger partial charge in [-0.15, -0.1) is 0 Å². The molecule has 1 unspecified atom stereocenters. The lowest BCUT2D eigenvalue weighted by molar-refractivity contribution is 0.533. The standard InChI is InChI=1S/C11H15BrIN/c1-3-8(2)14-7-9-6-10(12)4-5-11(9)13/h4-6,8,14H,3,7H2,1-2H3. The number of benzene rings is 1. The van der Waals surface area contributed by atoms with Gasteiger partial charge in [0.15, 0.2) is 0 Å². The molecule has 1 nitrogen and oxygen atoms in total. The molecule has 0 spiro atoms. The van der Waals surface area contributed by atoms with Gasteiger partial charge in [0.2, 0.25) is 0 Å². The molecule has 0 aromatic heterocycles. The zero-order chi connectivity index (χ0) is 10.6. The lowest BCUT2D eigenvalue weighted by Crippen LogP contribution is -2.24. The van der Waals surface area contributed by atoms with Gasteiger partial charge in [-0.3, -0.25) is 0 Å². The molecule has 0 saturated heterocycles. The second kappa shape index (κ2) is 6.08. The molecule has 0 amide bonds. The van der Waals surface area contributed by atoms with Gasteiger partial charge in [0.1, 0.15) is 0 Å². The Hall–Kier alpha value is 0.390. The molecule has 1 atom stereocenters. The summed E-state index contributed by atoms with van der Waals surface area (Å²) in [4.78, 5) is 0. The largest absolute Gasteiger partial charge is 0.310 e. The van der Waals surface area contributed by atoms with Crippen molar-refractivity contribution in [2.24, 2.45) is 0 Å². The van der Waals surface area contributed by atoms with Crippen molar-refractivity contribution in [1.29, 1.82) is 0 Å². The molecule has 0 fully saturated rings. The minimum Gasteiger partial charge on any atom is -0.310 e. The first-order chi connectivity index (χ1) is 6.63. The minimum atomic E-state index is 0.588. The van der Waals surface area contributed by atoms with Crippen LogP contribution in [0.4, 0.5) is 0 Å². The highest BCUT2D eigenvalue weighted by Gasteiger charge is 2.02. The van der Waals surface area contributed by atoms with E-state index in [4.69, 9.17) is 0 Å². The minimum absolute atomic E-state index is 0.588. The van der Waals surface area contributed by atoms with Gasteiger partial charge in [-0.2, -0.15) is 0 Å². The topological polar surface area (TPSA) is 12.0 Å². The van der Waals surface area contributed by atoms with Crippen molar-refractivity contribution >= 4 is 38.5 Å². The van der Waals surface area contributed by atoms with E-state index in [2.05, 4.69) is 75.9 Å². The number of nitrogens with one attached hydrogen (secondary N) is 1. The fourth-order valence-corrected chi connectivity index (χ4v) is 2.04. The van der Waals surface area contributed by atoms with Gasteiger partial charge in [0, 0.05) is 20.6 Å². The van der Waals surface area contributed by atoms with E-state index in [0.717, 1.165) is 11.0 Å². The Labute approximate surface area is 108 Å². The SMILES string of the molecule is CCC(C)NCc1cc(Br)ccc1I. The number of rotatable bonds is 4. The monoisotopic (exact) mass is 367 g/mol. The lowest BCUT2D eigenvalue weighted by Gasteiger charge is -2.12. The highest BCUT2D eigenvalue weighted by molar-refractivity contribution is 14.1. The number of hydrogen-bond acceptors (Lipinski definition) is 1. The predicted molar refractivity (Wildman–Crippen MR) is 73.5 cm³/mol. The second-order valence-electron chi connectivity index (χ2n) is 3.43. The molecule has 0 heterocycles. The molecule has 1 aromatic rings. The summed E-state index contributed by atoms with van der Waals surface area (Å²) in [6, 6.07) is 6.98. The summed E-state index contributed by atoms with van der Waals surface area (Å²) in [5.41, 5.74) is 1.36. The van der Waals surface area contributed by atoms with Crippen LogP contribution in [0.3, 0.4) is 0 Å². The van der Waals surface area contributed by atoms with Crippen LogP contribution in [0.15, 0.2) is 22.7 Å². The van der Waals surface area contributed by atoms with E-state index >= 15 is 0 Å². The molecular formula is C11H15BrIN. The molecule has 0 saturated carbocycles. The van der Waals surface area contributed by atoms with Gasteiger partial charge in [0.25, 0.3) is 0 Å². The number of hydrogen-bond donors (Lipinski definition) is 1. The van der Waals surface area contributed by atoms with Crippen LogP contribution in [-0.4, -0.2) is 6.04 Å². The smallest absolute Gasteiger partial charge is 0.0218 e. The molecule has 0 bridgehead atoms. The van der Waals surface area contributed by atoms with E-state index in [-0.39, 0.29) is 0 Å². The van der Waals surface area contributed by atoms with Crippen molar-refractivity contribution in [1.82, 2.24) is 5.32 Å². The quantitative estimate of drug-likeness (QED) is 0.794. The molecule has 0 radical (unpaired) electrons. The van der Waals surface area contributed by atoms with E-state index in [9.17, 15) is 0 Å². The normalized spacial score (nSPS) is 12.9. The third-order valence-electron chi connectivity index (χ3n) is 2.26. The van der Waals surface area contributed by atoms with Crippen molar-refractivity contribution in [2.45, 2.75) is 32.9 Å². The van der Waals surface area contributed by atoms with Crippen LogP contribution in [0.5, 0.6) is 0 Å². The first kappa shape index (κ1) is 12.5. The Bertz CT molecular complexity index is 301. The lowest BCUT2D eigenvalue weighted by atomic mass is 10.2. The van der Waals surface area contributed by atoms with Crippen molar-refractivity contribution in [2.75, 3.05) is 0 Å². The summed E-state index contributed by atoms with van der Waals surface area (Å²) in [5, 5.41) is 3.49. The average Bonchev–Trinajstić information content (AvgIpc) is 2.19. The van der Waals surface area contributed by atoms with E-state index < -0.39 is 0 Å². The van der Waals surface area contributed by atoms with Crippen LogP contribution in [0, 0.1) is 3.57 Å². The average molecular weight is 368 g/mol. The van der Waals surface area contributed by atoms with Crippen LogP contribution in [0.2, 0.25) is 0 Å². The molecule has 1 aromatic carbocycles. The maximum Gasteiger partial charge on any atom is 0.0218 e. The Morgan fingerprint density at radius 3 is 2.86 bits per heavy atom. The van der Waals surface area contributed by atoms with E-state index in [1.54, 1.807) is 0 Å². The summed E-state index contributed by atoms with van der Waals surface area (Å²) in [6.07, 6.45) is 1.17. The highest BCUT2D eigenvalue weighted by atomic mass is 127. The van der Waals surface area contributed by atoms with Crippen LogP contribution in [-0.2, 0) is 6.54 Å². The summed E-state index contributed by atoms with van der Waals surface area (Å²) in [5.74, 6) is 0. The molecule has 0 aliphatic heterocycles. The van der Waals surface area contributed by atoms with Crippen LogP contribution in [0.25, 0.3) is 0 Å². The van der Waals surface area contributed by atoms with E-state index in [0.29, 0.717) is 6.04 Å². The van der Waals surface area contributed by atoms with Crippen LogP contribution >= 0.6 is 38.5 Å². The van der Waals surface area contributed by atoms with E-state index in [1.807, 2.05) is 0 Å². The third-order valence-corrected chi connectivity index (χ3v) is 3.81. The molecule has 0 aliphatic rings.